The van der Waals surface area contributed by atoms with E-state index in [4.69, 9.17) is 4.74 Å². The molecule has 0 spiro atoms. The summed E-state index contributed by atoms with van der Waals surface area (Å²) in [4.78, 5) is 0. The highest BCUT2D eigenvalue weighted by atomic mass is 16.5. The van der Waals surface area contributed by atoms with Gasteiger partial charge < -0.3 is 9.94 Å². The van der Waals surface area contributed by atoms with Gasteiger partial charge in [-0.25, -0.2) is 0 Å². The molecule has 0 fully saturated rings. The summed E-state index contributed by atoms with van der Waals surface area (Å²) >= 11 is 0. The summed E-state index contributed by atoms with van der Waals surface area (Å²) in [5.74, 6) is 0.874. The molecule has 0 unspecified atom stereocenters. The minimum atomic E-state index is -0.128. The number of aryl methyl sites for hydroxylation is 1. The molecular weight excluding hydrogens is 226 g/mol. The second kappa shape index (κ2) is 5.01. The van der Waals surface area contributed by atoms with Crippen LogP contribution in [0.25, 0.3) is 0 Å². The molecule has 0 heterocycles. The van der Waals surface area contributed by atoms with Crippen LogP contribution in [0.4, 0.5) is 0 Å². The number of ether oxygens (including phenoxy) is 1. The van der Waals surface area contributed by atoms with Crippen molar-refractivity contribution in [3.05, 3.63) is 29.3 Å². The fourth-order valence-corrected chi connectivity index (χ4v) is 3.18. The number of methoxy groups -OCH3 is 1. The maximum atomic E-state index is 9.30. The molecule has 3 heteroatoms. The summed E-state index contributed by atoms with van der Waals surface area (Å²) in [6, 6.07) is 6.26. The first-order valence-corrected chi connectivity index (χ1v) is 6.60. The Morgan fingerprint density at radius 1 is 1.28 bits per heavy atom. The van der Waals surface area contributed by atoms with Gasteiger partial charge in [0.05, 0.1) is 12.8 Å². The van der Waals surface area contributed by atoms with Crippen molar-refractivity contribution < 1.29 is 9.94 Å². The van der Waals surface area contributed by atoms with E-state index >= 15 is 0 Å². The maximum Gasteiger partial charge on any atom is 0.119 e. The predicted octanol–water partition coefficient (Wildman–Crippen LogP) is 3.53. The number of fused-ring (bicyclic) bond motifs is 1. The van der Waals surface area contributed by atoms with Crippen LogP contribution in [0.3, 0.4) is 0 Å². The fraction of sp³-hybridized carbons (Fsp3) is 0.533. The Kier molecular flexibility index (Phi) is 3.60. The molecule has 98 valence electrons. The van der Waals surface area contributed by atoms with Gasteiger partial charge in [-0.15, -0.1) is 0 Å². The van der Waals surface area contributed by atoms with Crippen LogP contribution in [0, 0.1) is 0 Å². The monoisotopic (exact) mass is 247 g/mol. The largest absolute Gasteiger partial charge is 0.497 e. The molecule has 0 amide bonds. The van der Waals surface area contributed by atoms with Crippen LogP contribution in [0.2, 0.25) is 0 Å². The molecule has 0 atom stereocenters. The standard InChI is InChI=1S/C15H21NO2/c1-4-15(5-2)13-10-12(18-3)8-6-11(13)7-9-14(15)16-17/h6,8,10,17H,4-5,7,9H2,1-3H3/b16-14-. The lowest BCUT2D eigenvalue weighted by Crippen LogP contribution is -2.39. The van der Waals surface area contributed by atoms with Crippen LogP contribution < -0.4 is 4.74 Å². The Labute approximate surface area is 108 Å². The Hall–Kier alpha value is -1.51. The minimum absolute atomic E-state index is 0.128. The van der Waals surface area contributed by atoms with Gasteiger partial charge in [-0.05, 0) is 48.9 Å². The SMILES string of the molecule is CCC1(CC)/C(=N\O)CCc2ccc(OC)cc21. The van der Waals surface area contributed by atoms with Crippen molar-refractivity contribution in [3.8, 4) is 5.75 Å². The highest BCUT2D eigenvalue weighted by Gasteiger charge is 2.39. The number of benzene rings is 1. The van der Waals surface area contributed by atoms with E-state index in [1.165, 1.54) is 11.1 Å². The number of hydrogen-bond acceptors (Lipinski definition) is 3. The van der Waals surface area contributed by atoms with Crippen LogP contribution in [0.15, 0.2) is 23.4 Å². The summed E-state index contributed by atoms with van der Waals surface area (Å²) in [5.41, 5.74) is 3.41. The van der Waals surface area contributed by atoms with Crippen molar-refractivity contribution in [1.82, 2.24) is 0 Å². The summed E-state index contributed by atoms with van der Waals surface area (Å²) in [6.07, 6.45) is 3.68. The highest BCUT2D eigenvalue weighted by molar-refractivity contribution is 5.96. The van der Waals surface area contributed by atoms with Gasteiger partial charge in [0.25, 0.3) is 0 Å². The molecule has 0 saturated carbocycles. The zero-order valence-electron chi connectivity index (χ0n) is 11.4. The van der Waals surface area contributed by atoms with Gasteiger partial charge in [-0.2, -0.15) is 0 Å². The van der Waals surface area contributed by atoms with Gasteiger partial charge >= 0.3 is 0 Å². The zero-order chi connectivity index (χ0) is 13.2. The number of rotatable bonds is 3. The maximum absolute atomic E-state index is 9.30. The van der Waals surface area contributed by atoms with Gasteiger partial charge in [0, 0.05) is 5.41 Å². The average molecular weight is 247 g/mol. The molecule has 3 nitrogen and oxygen atoms in total. The number of hydrogen-bond donors (Lipinski definition) is 1. The normalized spacial score (nSPS) is 19.6. The first-order chi connectivity index (χ1) is 8.71. The molecule has 1 aromatic carbocycles. The first kappa shape index (κ1) is 12.9. The molecular formula is C15H21NO2. The Balaban J connectivity index is 2.62. The molecule has 0 bridgehead atoms. The Bertz CT molecular complexity index is 462. The van der Waals surface area contributed by atoms with E-state index < -0.39 is 0 Å². The predicted molar refractivity (Wildman–Crippen MR) is 72.8 cm³/mol. The van der Waals surface area contributed by atoms with E-state index in [1.54, 1.807) is 7.11 Å². The molecule has 0 saturated heterocycles. The lowest BCUT2D eigenvalue weighted by atomic mass is 9.65. The van der Waals surface area contributed by atoms with Gasteiger partial charge in [0.2, 0.25) is 0 Å². The van der Waals surface area contributed by atoms with Crippen LogP contribution >= 0.6 is 0 Å². The van der Waals surface area contributed by atoms with E-state index in [0.717, 1.165) is 37.1 Å². The van der Waals surface area contributed by atoms with Crippen molar-refractivity contribution in [1.29, 1.82) is 0 Å². The Morgan fingerprint density at radius 2 is 2.00 bits per heavy atom. The molecule has 0 aliphatic heterocycles. The number of nitrogens with zero attached hydrogens (tertiary/aromatic N) is 1. The summed E-state index contributed by atoms with van der Waals surface area (Å²) in [5, 5.41) is 12.9. The van der Waals surface area contributed by atoms with Crippen molar-refractivity contribution in [3.63, 3.8) is 0 Å². The van der Waals surface area contributed by atoms with Crippen molar-refractivity contribution in [2.24, 2.45) is 5.16 Å². The van der Waals surface area contributed by atoms with Crippen LogP contribution in [0.5, 0.6) is 5.75 Å². The molecule has 0 radical (unpaired) electrons. The van der Waals surface area contributed by atoms with Crippen molar-refractivity contribution in [2.45, 2.75) is 44.9 Å². The van der Waals surface area contributed by atoms with Gasteiger partial charge in [-0.1, -0.05) is 25.1 Å². The lowest BCUT2D eigenvalue weighted by molar-refractivity contribution is 0.307. The third kappa shape index (κ3) is 1.78. The topological polar surface area (TPSA) is 41.8 Å². The molecule has 1 N–H and O–H groups in total. The van der Waals surface area contributed by atoms with E-state index in [-0.39, 0.29) is 5.41 Å². The molecule has 2 rings (SSSR count). The molecule has 1 aliphatic carbocycles. The third-order valence-corrected chi connectivity index (χ3v) is 4.34. The molecule has 0 aromatic heterocycles. The minimum Gasteiger partial charge on any atom is -0.497 e. The zero-order valence-corrected chi connectivity index (χ0v) is 11.4. The third-order valence-electron chi connectivity index (χ3n) is 4.34. The van der Waals surface area contributed by atoms with E-state index in [1.807, 2.05) is 6.07 Å². The smallest absolute Gasteiger partial charge is 0.119 e. The van der Waals surface area contributed by atoms with E-state index in [0.29, 0.717) is 0 Å². The second-order valence-corrected chi connectivity index (χ2v) is 4.86. The quantitative estimate of drug-likeness (QED) is 0.655. The van der Waals surface area contributed by atoms with E-state index in [9.17, 15) is 5.21 Å². The number of oxime groups is 1. The van der Waals surface area contributed by atoms with Crippen molar-refractivity contribution in [2.75, 3.05) is 7.11 Å². The van der Waals surface area contributed by atoms with E-state index in [2.05, 4.69) is 31.1 Å². The first-order valence-electron chi connectivity index (χ1n) is 6.60. The van der Waals surface area contributed by atoms with Gasteiger partial charge in [0.15, 0.2) is 0 Å². The molecule has 1 aromatic rings. The fourth-order valence-electron chi connectivity index (χ4n) is 3.18. The lowest BCUT2D eigenvalue weighted by Gasteiger charge is -2.38. The molecule has 18 heavy (non-hydrogen) atoms. The highest BCUT2D eigenvalue weighted by Crippen LogP contribution is 2.42. The second-order valence-electron chi connectivity index (χ2n) is 4.86. The summed E-state index contributed by atoms with van der Waals surface area (Å²) < 4.78 is 5.33. The summed E-state index contributed by atoms with van der Waals surface area (Å²) in [6.45, 7) is 4.31. The van der Waals surface area contributed by atoms with Crippen molar-refractivity contribution >= 4 is 5.71 Å². The van der Waals surface area contributed by atoms with Crippen LogP contribution in [-0.4, -0.2) is 18.0 Å². The van der Waals surface area contributed by atoms with Gasteiger partial charge in [-0.3, -0.25) is 0 Å². The van der Waals surface area contributed by atoms with Gasteiger partial charge in [0.1, 0.15) is 5.75 Å². The average Bonchev–Trinajstić information content (AvgIpc) is 2.45. The van der Waals surface area contributed by atoms with Crippen LogP contribution in [0.1, 0.15) is 44.2 Å². The molecule has 1 aliphatic rings. The Morgan fingerprint density at radius 3 is 2.56 bits per heavy atom. The van der Waals surface area contributed by atoms with Crippen LogP contribution in [-0.2, 0) is 11.8 Å². The summed E-state index contributed by atoms with van der Waals surface area (Å²) in [7, 11) is 1.69.